The van der Waals surface area contributed by atoms with Gasteiger partial charge in [0.25, 0.3) is 11.5 Å². The highest BCUT2D eigenvalue weighted by atomic mass is 19.1. The van der Waals surface area contributed by atoms with Crippen molar-refractivity contribution in [2.24, 2.45) is 7.05 Å². The number of amides is 1. The van der Waals surface area contributed by atoms with Gasteiger partial charge in [-0.05, 0) is 48.5 Å². The molecule has 1 saturated heterocycles. The Morgan fingerprint density at radius 1 is 0.971 bits per heavy atom. The highest BCUT2D eigenvalue weighted by Gasteiger charge is 2.28. The van der Waals surface area contributed by atoms with E-state index >= 15 is 0 Å². The first kappa shape index (κ1) is 21.6. The molecule has 0 radical (unpaired) electrons. The number of carbonyl (C=O) groups excluding carboxylic acids is 1. The number of anilines is 1. The SMILES string of the molecule is COc1ccc(N2CCN(C(=O)c3nn(-c4ccc(F)cc4)c4c(=O)n(C)cnc34)CC2)cc1. The van der Waals surface area contributed by atoms with Gasteiger partial charge in [-0.3, -0.25) is 9.59 Å². The van der Waals surface area contributed by atoms with E-state index in [-0.39, 0.29) is 28.2 Å². The predicted octanol–water partition coefficient (Wildman–Crippen LogP) is 2.23. The number of fused-ring (bicyclic) bond motifs is 1. The molecule has 1 aliphatic heterocycles. The minimum Gasteiger partial charge on any atom is -0.497 e. The highest BCUT2D eigenvalue weighted by molar-refractivity contribution is 6.03. The van der Waals surface area contributed by atoms with E-state index in [2.05, 4.69) is 15.0 Å². The minimum atomic E-state index is -0.405. The Hall–Kier alpha value is -4.21. The quantitative estimate of drug-likeness (QED) is 0.463. The maximum absolute atomic E-state index is 13.4. The molecule has 1 fully saturated rings. The first-order valence-corrected chi connectivity index (χ1v) is 10.8. The summed E-state index contributed by atoms with van der Waals surface area (Å²) in [5, 5.41) is 4.46. The number of rotatable bonds is 4. The molecule has 0 atom stereocenters. The standard InChI is InChI=1S/C24H23FN6O3/c1-28-15-26-20-21(27-31(22(20)24(28)33)18-5-3-16(25)4-6-18)23(32)30-13-11-29(12-14-30)17-7-9-19(34-2)10-8-17/h3-10,15H,11-14H2,1-2H3. The molecule has 1 aliphatic rings. The number of aryl methyl sites for hydroxylation is 1. The summed E-state index contributed by atoms with van der Waals surface area (Å²) in [7, 11) is 3.21. The van der Waals surface area contributed by atoms with Crippen LogP contribution in [0.4, 0.5) is 10.1 Å². The molecule has 1 amide bonds. The summed E-state index contributed by atoms with van der Waals surface area (Å²) >= 11 is 0. The molecule has 174 valence electrons. The Morgan fingerprint density at radius 3 is 2.26 bits per heavy atom. The van der Waals surface area contributed by atoms with Gasteiger partial charge in [-0.25, -0.2) is 14.1 Å². The fourth-order valence-corrected chi connectivity index (χ4v) is 4.11. The monoisotopic (exact) mass is 462 g/mol. The maximum Gasteiger partial charge on any atom is 0.279 e. The third-order valence-corrected chi connectivity index (χ3v) is 6.02. The van der Waals surface area contributed by atoms with Gasteiger partial charge in [-0.15, -0.1) is 0 Å². The first-order valence-electron chi connectivity index (χ1n) is 10.8. The second-order valence-corrected chi connectivity index (χ2v) is 8.07. The Kier molecular flexibility index (Phi) is 5.48. The molecule has 0 saturated carbocycles. The molecule has 0 N–H and O–H groups in total. The predicted molar refractivity (Wildman–Crippen MR) is 125 cm³/mol. The van der Waals surface area contributed by atoms with Gasteiger partial charge in [0.1, 0.15) is 17.1 Å². The summed E-state index contributed by atoms with van der Waals surface area (Å²) in [5.74, 6) is 0.0955. The Balaban J connectivity index is 1.44. The Bertz CT molecular complexity index is 1400. The van der Waals surface area contributed by atoms with Crippen LogP contribution in [0.25, 0.3) is 16.7 Å². The van der Waals surface area contributed by atoms with E-state index in [9.17, 15) is 14.0 Å². The largest absolute Gasteiger partial charge is 0.497 e. The topological polar surface area (TPSA) is 85.5 Å². The second-order valence-electron chi connectivity index (χ2n) is 8.07. The molecule has 0 spiro atoms. The van der Waals surface area contributed by atoms with Gasteiger partial charge in [-0.2, -0.15) is 5.10 Å². The van der Waals surface area contributed by atoms with Gasteiger partial charge in [0, 0.05) is 38.9 Å². The molecular weight excluding hydrogens is 439 g/mol. The maximum atomic E-state index is 13.4. The van der Waals surface area contributed by atoms with Gasteiger partial charge < -0.3 is 19.1 Å². The summed E-state index contributed by atoms with van der Waals surface area (Å²) < 4.78 is 21.4. The van der Waals surface area contributed by atoms with Crippen LogP contribution >= 0.6 is 0 Å². The van der Waals surface area contributed by atoms with Crippen molar-refractivity contribution >= 4 is 22.6 Å². The molecule has 3 heterocycles. The highest BCUT2D eigenvalue weighted by Crippen LogP contribution is 2.23. The molecule has 10 heteroatoms. The van der Waals surface area contributed by atoms with E-state index in [1.807, 2.05) is 24.3 Å². The van der Waals surface area contributed by atoms with Crippen molar-refractivity contribution in [2.75, 3.05) is 38.2 Å². The number of ether oxygens (including phenoxy) is 1. The molecule has 5 rings (SSSR count). The summed E-state index contributed by atoms with van der Waals surface area (Å²) in [5.41, 5.74) is 1.70. The van der Waals surface area contributed by atoms with Crippen LogP contribution in [0, 0.1) is 5.82 Å². The number of aromatic nitrogens is 4. The number of nitrogens with zero attached hydrogens (tertiary/aromatic N) is 6. The Labute approximate surface area is 194 Å². The summed E-state index contributed by atoms with van der Waals surface area (Å²) in [6, 6.07) is 13.4. The molecule has 34 heavy (non-hydrogen) atoms. The number of halogens is 1. The molecule has 9 nitrogen and oxygen atoms in total. The summed E-state index contributed by atoms with van der Waals surface area (Å²) in [4.78, 5) is 34.6. The number of hydrogen-bond donors (Lipinski definition) is 0. The zero-order chi connectivity index (χ0) is 23.8. The van der Waals surface area contributed by atoms with Crippen LogP contribution < -0.4 is 15.2 Å². The molecule has 2 aromatic heterocycles. The van der Waals surface area contributed by atoms with Crippen LogP contribution in [0.5, 0.6) is 5.75 Å². The van der Waals surface area contributed by atoms with E-state index < -0.39 is 5.82 Å². The van der Waals surface area contributed by atoms with Crippen LogP contribution in [0.3, 0.4) is 0 Å². The molecule has 0 bridgehead atoms. The lowest BCUT2D eigenvalue weighted by Gasteiger charge is -2.35. The first-order chi connectivity index (χ1) is 16.5. The third-order valence-electron chi connectivity index (χ3n) is 6.02. The van der Waals surface area contributed by atoms with Crippen LogP contribution in [0.2, 0.25) is 0 Å². The molecule has 0 unspecified atom stereocenters. The zero-order valence-corrected chi connectivity index (χ0v) is 18.8. The van der Waals surface area contributed by atoms with Crippen LogP contribution in [-0.2, 0) is 7.05 Å². The second kappa shape index (κ2) is 8.62. The van der Waals surface area contributed by atoms with Gasteiger partial charge in [0.05, 0.1) is 19.1 Å². The van der Waals surface area contributed by atoms with E-state index in [0.29, 0.717) is 31.9 Å². The molecule has 0 aliphatic carbocycles. The summed E-state index contributed by atoms with van der Waals surface area (Å²) in [6.07, 6.45) is 1.37. The van der Waals surface area contributed by atoms with Crippen LogP contribution in [-0.4, -0.2) is 63.4 Å². The van der Waals surface area contributed by atoms with Crippen LogP contribution in [0.1, 0.15) is 10.5 Å². The van der Waals surface area contributed by atoms with Gasteiger partial charge in [0.2, 0.25) is 0 Å². The zero-order valence-electron chi connectivity index (χ0n) is 18.8. The normalized spacial score (nSPS) is 14.0. The fraction of sp³-hybridized carbons (Fsp3) is 0.250. The van der Waals surface area contributed by atoms with Crippen molar-refractivity contribution in [3.05, 3.63) is 76.7 Å². The van der Waals surface area contributed by atoms with Gasteiger partial charge in [0.15, 0.2) is 11.2 Å². The lowest BCUT2D eigenvalue weighted by molar-refractivity contribution is 0.0742. The average molecular weight is 462 g/mol. The van der Waals surface area contributed by atoms with Crippen molar-refractivity contribution in [2.45, 2.75) is 0 Å². The van der Waals surface area contributed by atoms with Crippen molar-refractivity contribution in [1.29, 1.82) is 0 Å². The van der Waals surface area contributed by atoms with E-state index in [1.165, 1.54) is 39.8 Å². The molecule has 2 aromatic carbocycles. The number of methoxy groups -OCH3 is 1. The lowest BCUT2D eigenvalue weighted by Crippen LogP contribution is -2.49. The van der Waals surface area contributed by atoms with E-state index in [4.69, 9.17) is 4.74 Å². The minimum absolute atomic E-state index is 0.106. The lowest BCUT2D eigenvalue weighted by atomic mass is 10.2. The molecular formula is C24H23FN6O3. The van der Waals surface area contributed by atoms with Gasteiger partial charge in [-0.1, -0.05) is 0 Å². The van der Waals surface area contributed by atoms with Crippen molar-refractivity contribution in [3.8, 4) is 11.4 Å². The number of piperazine rings is 1. The smallest absolute Gasteiger partial charge is 0.279 e. The van der Waals surface area contributed by atoms with Crippen molar-refractivity contribution in [3.63, 3.8) is 0 Å². The molecule has 4 aromatic rings. The third kappa shape index (κ3) is 3.76. The number of carbonyl (C=O) groups is 1. The van der Waals surface area contributed by atoms with Crippen molar-refractivity contribution < 1.29 is 13.9 Å². The van der Waals surface area contributed by atoms with Gasteiger partial charge >= 0.3 is 0 Å². The van der Waals surface area contributed by atoms with Crippen molar-refractivity contribution in [1.82, 2.24) is 24.2 Å². The van der Waals surface area contributed by atoms with Crippen LogP contribution in [0.15, 0.2) is 59.7 Å². The van der Waals surface area contributed by atoms with E-state index in [0.717, 1.165) is 11.4 Å². The fourth-order valence-electron chi connectivity index (χ4n) is 4.11. The summed E-state index contributed by atoms with van der Waals surface area (Å²) in [6.45, 7) is 2.31. The Morgan fingerprint density at radius 2 is 1.62 bits per heavy atom. The average Bonchev–Trinajstić information content (AvgIpc) is 3.27. The number of hydrogen-bond acceptors (Lipinski definition) is 6. The van der Waals surface area contributed by atoms with E-state index in [1.54, 1.807) is 19.1 Å². The number of benzene rings is 2.